The molecule has 0 atom stereocenters. The topological polar surface area (TPSA) is 145 Å². The molecule has 22 heavy (non-hydrogen) atoms. The summed E-state index contributed by atoms with van der Waals surface area (Å²) >= 11 is 0. The van der Waals surface area contributed by atoms with Gasteiger partial charge in [0.1, 0.15) is 18.9 Å². The average Bonchev–Trinajstić information content (AvgIpc) is 3.07. The Morgan fingerprint density at radius 2 is 2.00 bits per heavy atom. The summed E-state index contributed by atoms with van der Waals surface area (Å²) in [6.07, 6.45) is 4.79. The maximum Gasteiger partial charge on any atom is 0.338 e. The zero-order valence-corrected chi connectivity index (χ0v) is 11.2. The van der Waals surface area contributed by atoms with Crippen LogP contribution in [0.25, 0.3) is 0 Å². The van der Waals surface area contributed by atoms with Crippen LogP contribution in [0.4, 0.5) is 5.69 Å². The minimum absolute atomic E-state index is 0.00310. The van der Waals surface area contributed by atoms with Crippen molar-refractivity contribution < 1.29 is 19.6 Å². The number of nitrogens with one attached hydrogen (secondary N) is 1. The second kappa shape index (κ2) is 6.47. The van der Waals surface area contributed by atoms with Crippen LogP contribution in [0.1, 0.15) is 10.4 Å². The molecule has 2 aromatic rings. The van der Waals surface area contributed by atoms with Crippen molar-refractivity contribution >= 4 is 17.6 Å². The van der Waals surface area contributed by atoms with Crippen LogP contribution in [-0.2, 0) is 17.9 Å². The van der Waals surface area contributed by atoms with E-state index < -0.39 is 10.9 Å². The standard InChI is InChI=1S/C11H12N6O5/c18-10(7-16-5-8(3-13-16)11(19)20)12-1-2-15-6-9(4-14-15)17(21)22/h3-6H,1-2,7H2,(H,12,18)(H,19,20). The lowest BCUT2D eigenvalue weighted by atomic mass is 10.4. The smallest absolute Gasteiger partial charge is 0.338 e. The fraction of sp³-hybridized carbons (Fsp3) is 0.273. The quantitative estimate of drug-likeness (QED) is 0.518. The van der Waals surface area contributed by atoms with E-state index in [0.29, 0.717) is 0 Å². The fourth-order valence-corrected chi connectivity index (χ4v) is 1.64. The fourth-order valence-electron chi connectivity index (χ4n) is 1.64. The SMILES string of the molecule is O=C(Cn1cc(C(=O)O)cn1)NCCn1cc([N+](=O)[O-])cn1. The first-order valence-corrected chi connectivity index (χ1v) is 6.15. The number of hydrogen-bond donors (Lipinski definition) is 2. The maximum absolute atomic E-state index is 11.6. The largest absolute Gasteiger partial charge is 0.478 e. The highest BCUT2D eigenvalue weighted by Crippen LogP contribution is 2.06. The Bertz CT molecular complexity index is 705. The number of carboxylic acids is 1. The third-order valence-electron chi connectivity index (χ3n) is 2.68. The molecular weight excluding hydrogens is 296 g/mol. The molecule has 2 heterocycles. The van der Waals surface area contributed by atoms with Crippen molar-refractivity contribution in [3.05, 3.63) is 40.5 Å². The van der Waals surface area contributed by atoms with E-state index in [0.717, 1.165) is 12.4 Å². The minimum atomic E-state index is -1.12. The molecular formula is C11H12N6O5. The highest BCUT2D eigenvalue weighted by Gasteiger charge is 2.10. The number of nitrogens with zero attached hydrogens (tertiary/aromatic N) is 5. The molecule has 11 heteroatoms. The van der Waals surface area contributed by atoms with Gasteiger partial charge in [0.25, 0.3) is 0 Å². The Balaban J connectivity index is 1.77. The third kappa shape index (κ3) is 3.88. The van der Waals surface area contributed by atoms with Crippen molar-refractivity contribution in [2.24, 2.45) is 0 Å². The Hall–Kier alpha value is -3.24. The summed E-state index contributed by atoms with van der Waals surface area (Å²) in [5, 5.41) is 29.3. The van der Waals surface area contributed by atoms with Crippen LogP contribution in [0.5, 0.6) is 0 Å². The summed E-state index contributed by atoms with van der Waals surface area (Å²) in [4.78, 5) is 32.2. The van der Waals surface area contributed by atoms with Gasteiger partial charge in [-0.25, -0.2) is 4.79 Å². The van der Waals surface area contributed by atoms with Gasteiger partial charge < -0.3 is 10.4 Å². The van der Waals surface area contributed by atoms with Crippen molar-refractivity contribution in [1.29, 1.82) is 0 Å². The Kier molecular flexibility index (Phi) is 4.46. The van der Waals surface area contributed by atoms with Crippen molar-refractivity contribution in [3.8, 4) is 0 Å². The first-order chi connectivity index (χ1) is 10.5. The number of hydrogen-bond acceptors (Lipinski definition) is 6. The molecule has 0 aromatic carbocycles. The van der Waals surface area contributed by atoms with Gasteiger partial charge in [-0.3, -0.25) is 24.3 Å². The number of aromatic nitrogens is 4. The van der Waals surface area contributed by atoms with E-state index in [9.17, 15) is 19.7 Å². The molecule has 2 rings (SSSR count). The summed E-state index contributed by atoms with van der Waals surface area (Å²) in [7, 11) is 0. The molecule has 2 aromatic heterocycles. The zero-order valence-electron chi connectivity index (χ0n) is 11.2. The molecule has 0 radical (unpaired) electrons. The van der Waals surface area contributed by atoms with Crippen LogP contribution in [0.2, 0.25) is 0 Å². The number of nitro groups is 1. The second-order valence-corrected chi connectivity index (χ2v) is 4.30. The summed E-state index contributed by atoms with van der Waals surface area (Å²) in [6, 6.07) is 0. The average molecular weight is 308 g/mol. The number of rotatable bonds is 7. The Labute approximate surface area is 123 Å². The van der Waals surface area contributed by atoms with Crippen molar-refractivity contribution in [2.75, 3.05) is 6.54 Å². The molecule has 0 aliphatic rings. The number of carboxylic acid groups (broad SMARTS) is 1. The first kappa shape index (κ1) is 15.2. The van der Waals surface area contributed by atoms with E-state index in [1.165, 1.54) is 21.8 Å². The summed E-state index contributed by atoms with van der Waals surface area (Å²) in [5.41, 5.74) is -0.124. The highest BCUT2D eigenvalue weighted by atomic mass is 16.6. The van der Waals surface area contributed by atoms with Gasteiger partial charge in [-0.2, -0.15) is 10.2 Å². The molecule has 0 unspecified atom stereocenters. The maximum atomic E-state index is 11.6. The van der Waals surface area contributed by atoms with E-state index in [2.05, 4.69) is 15.5 Å². The van der Waals surface area contributed by atoms with E-state index in [4.69, 9.17) is 5.11 Å². The third-order valence-corrected chi connectivity index (χ3v) is 2.68. The van der Waals surface area contributed by atoms with Crippen molar-refractivity contribution in [3.63, 3.8) is 0 Å². The van der Waals surface area contributed by atoms with Gasteiger partial charge >= 0.3 is 11.7 Å². The van der Waals surface area contributed by atoms with Gasteiger partial charge in [-0.1, -0.05) is 0 Å². The van der Waals surface area contributed by atoms with Gasteiger partial charge in [-0.05, 0) is 0 Å². The monoisotopic (exact) mass is 308 g/mol. The lowest BCUT2D eigenvalue weighted by Crippen LogP contribution is -2.30. The van der Waals surface area contributed by atoms with Crippen LogP contribution < -0.4 is 5.32 Å². The van der Waals surface area contributed by atoms with E-state index in [1.807, 2.05) is 0 Å². The van der Waals surface area contributed by atoms with Crippen LogP contribution in [-0.4, -0.2) is 48.0 Å². The number of aromatic carboxylic acids is 1. The minimum Gasteiger partial charge on any atom is -0.478 e. The molecule has 0 saturated heterocycles. The molecule has 0 fully saturated rings. The van der Waals surface area contributed by atoms with Gasteiger partial charge in [0.05, 0.1) is 23.2 Å². The molecule has 0 aliphatic heterocycles. The normalized spacial score (nSPS) is 10.4. The summed E-state index contributed by atoms with van der Waals surface area (Å²) < 4.78 is 2.55. The zero-order chi connectivity index (χ0) is 16.1. The van der Waals surface area contributed by atoms with E-state index in [-0.39, 0.29) is 36.8 Å². The van der Waals surface area contributed by atoms with Crippen molar-refractivity contribution in [1.82, 2.24) is 24.9 Å². The first-order valence-electron chi connectivity index (χ1n) is 6.15. The number of carbonyl (C=O) groups is 2. The van der Waals surface area contributed by atoms with Gasteiger partial charge in [0.15, 0.2) is 0 Å². The molecule has 116 valence electrons. The molecule has 2 N–H and O–H groups in total. The predicted octanol–water partition coefficient (Wildman–Crippen LogP) is -0.498. The lowest BCUT2D eigenvalue weighted by Gasteiger charge is -2.05. The summed E-state index contributed by atoms with van der Waals surface area (Å²) in [6.45, 7) is 0.385. The second-order valence-electron chi connectivity index (χ2n) is 4.30. The molecule has 0 saturated carbocycles. The van der Waals surface area contributed by atoms with E-state index >= 15 is 0 Å². The molecule has 0 aliphatic carbocycles. The predicted molar refractivity (Wildman–Crippen MR) is 71.1 cm³/mol. The summed E-state index contributed by atoms with van der Waals surface area (Å²) in [5.74, 6) is -1.48. The molecule has 0 spiro atoms. The van der Waals surface area contributed by atoms with Gasteiger partial charge in [0, 0.05) is 12.7 Å². The van der Waals surface area contributed by atoms with E-state index in [1.54, 1.807) is 0 Å². The number of amides is 1. The molecule has 1 amide bonds. The van der Waals surface area contributed by atoms with Crippen LogP contribution >= 0.6 is 0 Å². The Morgan fingerprint density at radius 1 is 1.27 bits per heavy atom. The van der Waals surface area contributed by atoms with Gasteiger partial charge in [-0.15, -0.1) is 0 Å². The van der Waals surface area contributed by atoms with Crippen LogP contribution in [0.3, 0.4) is 0 Å². The lowest BCUT2D eigenvalue weighted by molar-refractivity contribution is -0.385. The molecule has 0 bridgehead atoms. The molecule has 11 nitrogen and oxygen atoms in total. The van der Waals surface area contributed by atoms with Crippen molar-refractivity contribution in [2.45, 2.75) is 13.1 Å². The van der Waals surface area contributed by atoms with Gasteiger partial charge in [0.2, 0.25) is 5.91 Å². The Morgan fingerprint density at radius 3 is 2.59 bits per heavy atom. The number of carbonyl (C=O) groups excluding carboxylic acids is 1. The van der Waals surface area contributed by atoms with Crippen LogP contribution in [0.15, 0.2) is 24.8 Å². The van der Waals surface area contributed by atoms with Crippen LogP contribution in [0, 0.1) is 10.1 Å². The highest BCUT2D eigenvalue weighted by molar-refractivity contribution is 5.87.